The number of nitrogens with zero attached hydrogens (tertiary/aromatic N) is 3. The molecular weight excluding hydrogens is 312 g/mol. The van der Waals surface area contributed by atoms with Crippen molar-refractivity contribution in [2.24, 2.45) is 0 Å². The lowest BCUT2D eigenvalue weighted by molar-refractivity contribution is 0.0937. The quantitative estimate of drug-likeness (QED) is 0.911. The van der Waals surface area contributed by atoms with E-state index in [0.29, 0.717) is 6.54 Å². The van der Waals surface area contributed by atoms with Gasteiger partial charge >= 0.3 is 0 Å². The molecule has 0 bridgehead atoms. The van der Waals surface area contributed by atoms with Gasteiger partial charge in [-0.05, 0) is 56.9 Å². The predicted octanol–water partition coefficient (Wildman–Crippen LogP) is 2.51. The number of hydrogen-bond donors (Lipinski definition) is 1. The third-order valence-corrected chi connectivity index (χ3v) is 5.24. The lowest BCUT2D eigenvalue weighted by Gasteiger charge is -2.16. The summed E-state index contributed by atoms with van der Waals surface area (Å²) in [5.74, 6) is 0.0397. The van der Waals surface area contributed by atoms with Crippen molar-refractivity contribution in [3.63, 3.8) is 0 Å². The van der Waals surface area contributed by atoms with E-state index in [0.717, 1.165) is 48.1 Å². The van der Waals surface area contributed by atoms with E-state index in [1.165, 1.54) is 12.8 Å². The first-order chi connectivity index (χ1) is 12.1. The van der Waals surface area contributed by atoms with E-state index in [1.54, 1.807) is 0 Å². The van der Waals surface area contributed by atoms with Crippen LogP contribution in [0.3, 0.4) is 0 Å². The van der Waals surface area contributed by atoms with E-state index in [-0.39, 0.29) is 11.9 Å². The number of rotatable bonds is 5. The molecule has 1 aliphatic carbocycles. The molecule has 1 saturated carbocycles. The number of aryl methyl sites for hydroxylation is 2. The zero-order valence-corrected chi connectivity index (χ0v) is 15.0. The molecule has 1 aliphatic heterocycles. The smallest absolute Gasteiger partial charge is 0.251 e. The molecule has 1 saturated heterocycles. The van der Waals surface area contributed by atoms with Crippen LogP contribution >= 0.6 is 0 Å². The lowest BCUT2D eigenvalue weighted by atomic mass is 10.1. The minimum absolute atomic E-state index is 0.0397. The Hall–Kier alpha value is -2.14. The molecular formula is C20H26N4O. The molecule has 2 aliphatic rings. The molecule has 4 rings (SSSR count). The van der Waals surface area contributed by atoms with Gasteiger partial charge in [0.05, 0.1) is 12.2 Å². The molecule has 1 N–H and O–H groups in total. The number of benzene rings is 1. The minimum Gasteiger partial charge on any atom is -0.348 e. The molecule has 25 heavy (non-hydrogen) atoms. The minimum atomic E-state index is 0.0397. The second-order valence-corrected chi connectivity index (χ2v) is 7.47. The largest absolute Gasteiger partial charge is 0.348 e. The van der Waals surface area contributed by atoms with Crippen LogP contribution in [0.4, 0.5) is 0 Å². The highest BCUT2D eigenvalue weighted by Gasteiger charge is 2.34. The summed E-state index contributed by atoms with van der Waals surface area (Å²) in [7, 11) is 0. The van der Waals surface area contributed by atoms with Crippen LogP contribution < -0.4 is 5.32 Å². The molecule has 1 amide bonds. The fraction of sp³-hybridized carbons (Fsp3) is 0.500. The molecule has 1 atom stereocenters. The van der Waals surface area contributed by atoms with E-state index in [2.05, 4.69) is 34.4 Å². The highest BCUT2D eigenvalue weighted by Crippen LogP contribution is 2.29. The zero-order chi connectivity index (χ0) is 17.4. The Balaban J connectivity index is 1.40. The summed E-state index contributed by atoms with van der Waals surface area (Å²) < 4.78 is 1.98. The molecule has 1 unspecified atom stereocenters. The molecule has 1 aromatic carbocycles. The van der Waals surface area contributed by atoms with Crippen LogP contribution in [0.2, 0.25) is 0 Å². The predicted molar refractivity (Wildman–Crippen MR) is 97.7 cm³/mol. The van der Waals surface area contributed by atoms with Gasteiger partial charge in [-0.25, -0.2) is 0 Å². The van der Waals surface area contributed by atoms with Gasteiger partial charge in [0.15, 0.2) is 0 Å². The highest BCUT2D eigenvalue weighted by atomic mass is 16.1. The number of aromatic nitrogens is 2. The van der Waals surface area contributed by atoms with Crippen molar-refractivity contribution in [2.45, 2.75) is 51.7 Å². The molecule has 2 fully saturated rings. The average Bonchev–Trinajstić information content (AvgIpc) is 3.26. The number of amides is 1. The average molecular weight is 338 g/mol. The third-order valence-electron chi connectivity index (χ3n) is 5.24. The molecule has 2 aromatic rings. The summed E-state index contributed by atoms with van der Waals surface area (Å²) in [5, 5.41) is 7.72. The molecule has 132 valence electrons. The van der Waals surface area contributed by atoms with Gasteiger partial charge in [0, 0.05) is 36.4 Å². The van der Waals surface area contributed by atoms with E-state index in [4.69, 9.17) is 0 Å². The first kappa shape index (κ1) is 16.3. The summed E-state index contributed by atoms with van der Waals surface area (Å²) in [5.41, 5.74) is 4.00. The summed E-state index contributed by atoms with van der Waals surface area (Å²) in [6, 6.07) is 11.0. The van der Waals surface area contributed by atoms with Gasteiger partial charge in [-0.15, -0.1) is 0 Å². The number of hydrogen-bond acceptors (Lipinski definition) is 3. The Kier molecular flexibility index (Phi) is 4.34. The normalized spacial score (nSPS) is 20.8. The number of nitrogens with one attached hydrogen (secondary N) is 1. The molecule has 2 heterocycles. The Labute approximate surface area is 149 Å². The summed E-state index contributed by atoms with van der Waals surface area (Å²) in [4.78, 5) is 15.1. The zero-order valence-electron chi connectivity index (χ0n) is 15.0. The van der Waals surface area contributed by atoms with Crippen molar-refractivity contribution in [1.82, 2.24) is 20.0 Å². The van der Waals surface area contributed by atoms with Crippen LogP contribution in [0, 0.1) is 13.8 Å². The lowest BCUT2D eigenvalue weighted by Crippen LogP contribution is -2.37. The van der Waals surface area contributed by atoms with Crippen molar-refractivity contribution in [2.75, 3.05) is 13.1 Å². The van der Waals surface area contributed by atoms with Crippen molar-refractivity contribution in [3.05, 3.63) is 52.8 Å². The summed E-state index contributed by atoms with van der Waals surface area (Å²) in [6.45, 7) is 6.87. The first-order valence-electron chi connectivity index (χ1n) is 9.23. The van der Waals surface area contributed by atoms with Crippen LogP contribution in [-0.4, -0.2) is 45.8 Å². The van der Waals surface area contributed by atoms with Gasteiger partial charge < -0.3 is 5.32 Å². The van der Waals surface area contributed by atoms with E-state index in [9.17, 15) is 4.79 Å². The van der Waals surface area contributed by atoms with Gasteiger partial charge in [0.25, 0.3) is 5.91 Å². The van der Waals surface area contributed by atoms with Gasteiger partial charge in [-0.3, -0.25) is 14.4 Å². The van der Waals surface area contributed by atoms with E-state index >= 15 is 0 Å². The van der Waals surface area contributed by atoms with Crippen LogP contribution in [-0.2, 0) is 6.54 Å². The van der Waals surface area contributed by atoms with Crippen LogP contribution in [0.5, 0.6) is 0 Å². The van der Waals surface area contributed by atoms with Crippen LogP contribution in [0.15, 0.2) is 30.3 Å². The molecule has 0 radical (unpaired) electrons. The Bertz CT molecular complexity index is 778. The second kappa shape index (κ2) is 6.64. The monoisotopic (exact) mass is 338 g/mol. The summed E-state index contributed by atoms with van der Waals surface area (Å²) >= 11 is 0. The summed E-state index contributed by atoms with van der Waals surface area (Å²) in [6.07, 6.45) is 3.72. The van der Waals surface area contributed by atoms with Crippen LogP contribution in [0.25, 0.3) is 0 Å². The van der Waals surface area contributed by atoms with Gasteiger partial charge in [-0.1, -0.05) is 12.1 Å². The number of likely N-dealkylation sites (tertiary alicyclic amines) is 1. The Morgan fingerprint density at radius 3 is 2.80 bits per heavy atom. The van der Waals surface area contributed by atoms with Gasteiger partial charge in [0.2, 0.25) is 0 Å². The molecule has 5 nitrogen and oxygen atoms in total. The molecule has 5 heteroatoms. The maximum atomic E-state index is 12.6. The standard InChI is InChI=1S/C20H26N4O/c1-14-10-15(2)24(22-14)12-16-4-3-5-17(11-16)20(25)21-18-8-9-23(13-18)19-6-7-19/h3-5,10-11,18-19H,6-9,12-13H2,1-2H3,(H,21,25). The highest BCUT2D eigenvalue weighted by molar-refractivity contribution is 5.94. The SMILES string of the molecule is Cc1cc(C)n(Cc2cccc(C(=O)NC3CCN(C4CC4)C3)c2)n1. The fourth-order valence-electron chi connectivity index (χ4n) is 3.76. The van der Waals surface area contributed by atoms with E-state index < -0.39 is 0 Å². The first-order valence-corrected chi connectivity index (χ1v) is 9.23. The van der Waals surface area contributed by atoms with Crippen molar-refractivity contribution in [1.29, 1.82) is 0 Å². The van der Waals surface area contributed by atoms with Gasteiger partial charge in [-0.2, -0.15) is 5.10 Å². The molecule has 1 aromatic heterocycles. The number of carbonyl (C=O) groups is 1. The maximum Gasteiger partial charge on any atom is 0.251 e. The van der Waals surface area contributed by atoms with Crippen molar-refractivity contribution >= 4 is 5.91 Å². The topological polar surface area (TPSA) is 50.2 Å². The Morgan fingerprint density at radius 2 is 2.08 bits per heavy atom. The van der Waals surface area contributed by atoms with Crippen molar-refractivity contribution < 1.29 is 4.79 Å². The fourth-order valence-corrected chi connectivity index (χ4v) is 3.76. The maximum absolute atomic E-state index is 12.6. The second-order valence-electron chi connectivity index (χ2n) is 7.47. The van der Waals surface area contributed by atoms with Crippen molar-refractivity contribution in [3.8, 4) is 0 Å². The molecule has 0 spiro atoms. The number of carbonyl (C=O) groups excluding carboxylic acids is 1. The van der Waals surface area contributed by atoms with Crippen LogP contribution in [0.1, 0.15) is 46.6 Å². The Morgan fingerprint density at radius 1 is 1.24 bits per heavy atom. The van der Waals surface area contributed by atoms with Gasteiger partial charge in [0.1, 0.15) is 0 Å². The third kappa shape index (κ3) is 3.76. The van der Waals surface area contributed by atoms with E-state index in [1.807, 2.05) is 29.8 Å².